The first-order chi connectivity index (χ1) is 4.93. The van der Waals surface area contributed by atoms with Crippen LogP contribution in [0.1, 0.15) is 5.56 Å². The normalized spacial score (nSPS) is 8.00. The molecule has 0 spiro atoms. The van der Waals surface area contributed by atoms with E-state index in [4.69, 9.17) is 0 Å². The Bertz CT molecular complexity index is 203. The maximum atomic E-state index is 9.51. The molecule has 0 saturated heterocycles. The van der Waals surface area contributed by atoms with Crippen LogP contribution in [0.3, 0.4) is 0 Å². The van der Waals surface area contributed by atoms with Gasteiger partial charge in [0.05, 0.1) is 0 Å². The van der Waals surface area contributed by atoms with E-state index in [9.17, 15) is 4.91 Å². The highest BCUT2D eigenvalue weighted by Crippen LogP contribution is 1.99. The summed E-state index contributed by atoms with van der Waals surface area (Å²) in [6.45, 7) is 0.254. The Labute approximate surface area is 70.7 Å². The van der Waals surface area contributed by atoms with Crippen LogP contribution in [0.4, 0.5) is 0 Å². The van der Waals surface area contributed by atoms with Crippen LogP contribution in [0, 0.1) is 4.91 Å². The van der Waals surface area contributed by atoms with Gasteiger partial charge >= 0.3 is 0 Å². The Kier molecular flexibility index (Phi) is 5.11. The molecule has 0 N–H and O–H groups in total. The second-order valence-corrected chi connectivity index (χ2v) is 1.83. The van der Waals surface area contributed by atoms with Crippen molar-refractivity contribution in [3.63, 3.8) is 0 Å². The van der Waals surface area contributed by atoms with Gasteiger partial charge in [0.25, 0.3) is 0 Å². The summed E-state index contributed by atoms with van der Waals surface area (Å²) in [6.07, 6.45) is 0. The number of hydrogen-bond donors (Lipinski definition) is 0. The standard InChI is InChI=1S/C7H7NO2.ClH/c9-8-10-6-7-4-2-1-3-5-7;/h1-5H,6H2;1H. The molecule has 60 valence electrons. The minimum Gasteiger partial charge on any atom is -0.359 e. The third kappa shape index (κ3) is 3.57. The minimum atomic E-state index is 0. The van der Waals surface area contributed by atoms with Crippen LogP contribution in [0.25, 0.3) is 0 Å². The third-order valence-corrected chi connectivity index (χ3v) is 1.13. The Morgan fingerprint density at radius 2 is 1.91 bits per heavy atom. The Hall–Kier alpha value is -1.09. The van der Waals surface area contributed by atoms with Gasteiger partial charge in [-0.2, -0.15) is 0 Å². The predicted molar refractivity (Wildman–Crippen MR) is 44.3 cm³/mol. The van der Waals surface area contributed by atoms with Gasteiger partial charge in [0.15, 0.2) is 5.34 Å². The van der Waals surface area contributed by atoms with E-state index in [0.29, 0.717) is 0 Å². The van der Waals surface area contributed by atoms with Crippen LogP contribution in [0.15, 0.2) is 35.7 Å². The molecule has 0 heterocycles. The van der Waals surface area contributed by atoms with E-state index in [-0.39, 0.29) is 19.0 Å². The second-order valence-electron chi connectivity index (χ2n) is 1.83. The molecule has 0 aliphatic heterocycles. The van der Waals surface area contributed by atoms with E-state index in [1.165, 1.54) is 0 Å². The van der Waals surface area contributed by atoms with Gasteiger partial charge in [-0.3, -0.25) is 0 Å². The van der Waals surface area contributed by atoms with Gasteiger partial charge in [-0.25, -0.2) is 0 Å². The fourth-order valence-corrected chi connectivity index (χ4v) is 0.675. The Balaban J connectivity index is 0.000001000. The lowest BCUT2D eigenvalue weighted by Crippen LogP contribution is -1.83. The summed E-state index contributed by atoms with van der Waals surface area (Å²) in [5.74, 6) is 0. The quantitative estimate of drug-likeness (QED) is 0.520. The fourth-order valence-electron chi connectivity index (χ4n) is 0.675. The SMILES string of the molecule is Cl.O=NOCc1ccccc1. The summed E-state index contributed by atoms with van der Waals surface area (Å²) in [7, 11) is 0. The molecule has 0 unspecified atom stereocenters. The minimum absolute atomic E-state index is 0. The first-order valence-electron chi connectivity index (χ1n) is 2.92. The van der Waals surface area contributed by atoms with E-state index in [0.717, 1.165) is 5.56 Å². The first kappa shape index (κ1) is 9.91. The molecule has 11 heavy (non-hydrogen) atoms. The molecule has 0 amide bonds. The van der Waals surface area contributed by atoms with Crippen LogP contribution >= 0.6 is 12.4 Å². The maximum Gasteiger partial charge on any atom is 0.155 e. The highest BCUT2D eigenvalue weighted by Gasteiger charge is 1.88. The number of rotatable bonds is 3. The molecule has 0 aliphatic rings. The predicted octanol–water partition coefficient (Wildman–Crippen LogP) is 2.31. The molecule has 1 rings (SSSR count). The van der Waals surface area contributed by atoms with Crippen molar-refractivity contribution < 1.29 is 4.84 Å². The van der Waals surface area contributed by atoms with Crippen molar-refractivity contribution in [3.05, 3.63) is 40.8 Å². The zero-order valence-electron chi connectivity index (χ0n) is 5.77. The van der Waals surface area contributed by atoms with E-state index < -0.39 is 0 Å². The summed E-state index contributed by atoms with van der Waals surface area (Å²) in [5, 5.41) is 2.28. The lowest BCUT2D eigenvalue weighted by molar-refractivity contribution is 0.126. The van der Waals surface area contributed by atoms with Crippen molar-refractivity contribution in [2.45, 2.75) is 6.61 Å². The molecule has 3 nitrogen and oxygen atoms in total. The van der Waals surface area contributed by atoms with Crippen molar-refractivity contribution in [3.8, 4) is 0 Å². The molecule has 0 aromatic heterocycles. The molecule has 0 fully saturated rings. The summed E-state index contributed by atoms with van der Waals surface area (Å²) in [6, 6.07) is 9.39. The van der Waals surface area contributed by atoms with Crippen molar-refractivity contribution in [1.82, 2.24) is 0 Å². The van der Waals surface area contributed by atoms with Gasteiger partial charge in [-0.05, 0) is 5.56 Å². The average molecular weight is 174 g/mol. The van der Waals surface area contributed by atoms with Crippen LogP contribution in [0.2, 0.25) is 0 Å². The molecule has 0 aliphatic carbocycles. The molecule has 1 aromatic rings. The lowest BCUT2D eigenvalue weighted by Gasteiger charge is -1.93. The highest BCUT2D eigenvalue weighted by atomic mass is 35.5. The zero-order chi connectivity index (χ0) is 7.23. The third-order valence-electron chi connectivity index (χ3n) is 1.13. The average Bonchev–Trinajstić information content (AvgIpc) is 2.03. The highest BCUT2D eigenvalue weighted by molar-refractivity contribution is 5.85. The summed E-state index contributed by atoms with van der Waals surface area (Å²) in [5.41, 5.74) is 0.946. The summed E-state index contributed by atoms with van der Waals surface area (Å²) < 4.78 is 0. The molecular weight excluding hydrogens is 166 g/mol. The van der Waals surface area contributed by atoms with Crippen LogP contribution in [-0.2, 0) is 11.4 Å². The molecule has 0 bridgehead atoms. The zero-order valence-corrected chi connectivity index (χ0v) is 6.58. The molecular formula is C7H8ClNO2. The Morgan fingerprint density at radius 3 is 2.45 bits per heavy atom. The first-order valence-corrected chi connectivity index (χ1v) is 2.92. The number of hydrogen-bond acceptors (Lipinski definition) is 3. The lowest BCUT2D eigenvalue weighted by atomic mass is 10.2. The van der Waals surface area contributed by atoms with Crippen LogP contribution in [0.5, 0.6) is 0 Å². The number of benzene rings is 1. The monoisotopic (exact) mass is 173 g/mol. The molecule has 4 heteroatoms. The maximum absolute atomic E-state index is 9.51. The fraction of sp³-hybridized carbons (Fsp3) is 0.143. The van der Waals surface area contributed by atoms with Gasteiger partial charge in [0.2, 0.25) is 0 Å². The van der Waals surface area contributed by atoms with E-state index >= 15 is 0 Å². The molecule has 0 saturated carbocycles. The van der Waals surface area contributed by atoms with Gasteiger partial charge in [-0.1, -0.05) is 30.3 Å². The van der Waals surface area contributed by atoms with Gasteiger partial charge in [-0.15, -0.1) is 17.3 Å². The van der Waals surface area contributed by atoms with E-state index in [1.54, 1.807) is 0 Å². The molecule has 1 aromatic carbocycles. The van der Waals surface area contributed by atoms with E-state index in [1.807, 2.05) is 30.3 Å². The van der Waals surface area contributed by atoms with Crippen molar-refractivity contribution in [2.75, 3.05) is 0 Å². The van der Waals surface area contributed by atoms with Crippen molar-refractivity contribution in [2.24, 2.45) is 5.34 Å². The van der Waals surface area contributed by atoms with Crippen LogP contribution in [-0.4, -0.2) is 0 Å². The summed E-state index contributed by atoms with van der Waals surface area (Å²) >= 11 is 0. The summed E-state index contributed by atoms with van der Waals surface area (Å²) in [4.78, 5) is 13.8. The van der Waals surface area contributed by atoms with E-state index in [2.05, 4.69) is 10.2 Å². The Morgan fingerprint density at radius 1 is 1.27 bits per heavy atom. The van der Waals surface area contributed by atoms with Crippen molar-refractivity contribution >= 4 is 12.4 Å². The smallest absolute Gasteiger partial charge is 0.155 e. The number of nitrogens with zero attached hydrogens (tertiary/aromatic N) is 1. The van der Waals surface area contributed by atoms with Gasteiger partial charge < -0.3 is 4.84 Å². The van der Waals surface area contributed by atoms with Crippen molar-refractivity contribution in [1.29, 1.82) is 0 Å². The topological polar surface area (TPSA) is 38.7 Å². The van der Waals surface area contributed by atoms with Gasteiger partial charge in [0, 0.05) is 0 Å². The molecule has 0 atom stereocenters. The molecule has 0 radical (unpaired) electrons. The van der Waals surface area contributed by atoms with Crippen LogP contribution < -0.4 is 0 Å². The van der Waals surface area contributed by atoms with Gasteiger partial charge in [0.1, 0.15) is 6.61 Å². The number of halogens is 1. The second kappa shape index (κ2) is 5.68. The largest absolute Gasteiger partial charge is 0.359 e.